The Morgan fingerprint density at radius 3 is 2.60 bits per heavy atom. The van der Waals surface area contributed by atoms with Crippen LogP contribution >= 0.6 is 0 Å². The summed E-state index contributed by atoms with van der Waals surface area (Å²) in [5.41, 5.74) is 7.97. The number of rotatable bonds is 4. The quantitative estimate of drug-likeness (QED) is 0.792. The molecule has 1 aromatic carbocycles. The van der Waals surface area contributed by atoms with Crippen molar-refractivity contribution < 1.29 is 9.84 Å². The van der Waals surface area contributed by atoms with Crippen LogP contribution in [0.1, 0.15) is 31.0 Å². The van der Waals surface area contributed by atoms with Crippen LogP contribution in [0.2, 0.25) is 0 Å². The molecule has 15 heavy (non-hydrogen) atoms. The lowest BCUT2D eigenvalue weighted by Crippen LogP contribution is -2.23. The highest BCUT2D eigenvalue weighted by Gasteiger charge is 2.16. The molecule has 0 heterocycles. The van der Waals surface area contributed by atoms with Gasteiger partial charge >= 0.3 is 0 Å². The fraction of sp³-hybridized carbons (Fsp3) is 0.500. The molecule has 2 unspecified atom stereocenters. The number of aliphatic hydroxyl groups excluding tert-OH is 1. The molecule has 3 nitrogen and oxygen atoms in total. The zero-order valence-corrected chi connectivity index (χ0v) is 9.53. The molecule has 1 rings (SSSR count). The second kappa shape index (κ2) is 5.14. The maximum absolute atomic E-state index is 9.48. The van der Waals surface area contributed by atoms with E-state index in [1.54, 1.807) is 14.0 Å². The lowest BCUT2D eigenvalue weighted by Gasteiger charge is -2.19. The van der Waals surface area contributed by atoms with Gasteiger partial charge in [0, 0.05) is 5.56 Å². The Kier molecular flexibility index (Phi) is 4.12. The van der Waals surface area contributed by atoms with E-state index < -0.39 is 12.1 Å². The van der Waals surface area contributed by atoms with E-state index in [0.29, 0.717) is 0 Å². The Hall–Kier alpha value is -1.06. The van der Waals surface area contributed by atoms with Crippen LogP contribution in [0.25, 0.3) is 0 Å². The predicted octanol–water partition coefficient (Wildman–Crippen LogP) is 1.64. The molecular formula is C12H19NO2. The van der Waals surface area contributed by atoms with Crippen LogP contribution in [-0.2, 0) is 6.42 Å². The van der Waals surface area contributed by atoms with Gasteiger partial charge in [-0.15, -0.1) is 0 Å². The number of ether oxygens (including phenoxy) is 1. The van der Waals surface area contributed by atoms with Crippen molar-refractivity contribution in [3.05, 3.63) is 29.3 Å². The molecule has 0 saturated heterocycles. The van der Waals surface area contributed by atoms with Crippen LogP contribution in [0, 0.1) is 0 Å². The van der Waals surface area contributed by atoms with Crippen LogP contribution in [-0.4, -0.2) is 18.3 Å². The molecule has 0 aliphatic heterocycles. The molecule has 1 aromatic rings. The van der Waals surface area contributed by atoms with Gasteiger partial charge in [0.1, 0.15) is 5.75 Å². The van der Waals surface area contributed by atoms with Crippen LogP contribution in [0.5, 0.6) is 5.75 Å². The van der Waals surface area contributed by atoms with Crippen molar-refractivity contribution in [3.8, 4) is 5.75 Å². The Morgan fingerprint density at radius 1 is 1.47 bits per heavy atom. The molecule has 2 atom stereocenters. The van der Waals surface area contributed by atoms with E-state index in [2.05, 4.69) is 6.92 Å². The zero-order valence-electron chi connectivity index (χ0n) is 9.53. The number of nitrogens with two attached hydrogens (primary N) is 1. The third kappa shape index (κ3) is 2.70. The topological polar surface area (TPSA) is 55.5 Å². The molecule has 3 N–H and O–H groups in total. The van der Waals surface area contributed by atoms with Gasteiger partial charge in [-0.1, -0.05) is 19.1 Å². The number of aryl methyl sites for hydroxylation is 1. The molecule has 0 radical (unpaired) electrons. The van der Waals surface area contributed by atoms with Gasteiger partial charge in [-0.25, -0.2) is 0 Å². The first kappa shape index (κ1) is 12.0. The van der Waals surface area contributed by atoms with E-state index in [-0.39, 0.29) is 0 Å². The number of methoxy groups -OCH3 is 1. The van der Waals surface area contributed by atoms with Crippen LogP contribution in [0.15, 0.2) is 18.2 Å². The van der Waals surface area contributed by atoms with Gasteiger partial charge in [-0.05, 0) is 25.0 Å². The minimum atomic E-state index is -0.578. The number of benzene rings is 1. The van der Waals surface area contributed by atoms with Crippen LogP contribution in [0.4, 0.5) is 0 Å². The lowest BCUT2D eigenvalue weighted by molar-refractivity contribution is 0.162. The summed E-state index contributed by atoms with van der Waals surface area (Å²) in [6.45, 7) is 3.77. The lowest BCUT2D eigenvalue weighted by atomic mass is 9.99. The average molecular weight is 209 g/mol. The second-order valence-electron chi connectivity index (χ2n) is 3.70. The van der Waals surface area contributed by atoms with Gasteiger partial charge in [0.25, 0.3) is 0 Å². The maximum atomic E-state index is 9.48. The Morgan fingerprint density at radius 2 is 2.13 bits per heavy atom. The summed E-state index contributed by atoms with van der Waals surface area (Å²) >= 11 is 0. The van der Waals surface area contributed by atoms with Gasteiger partial charge in [0.15, 0.2) is 0 Å². The van der Waals surface area contributed by atoms with Crippen molar-refractivity contribution in [2.24, 2.45) is 5.73 Å². The zero-order chi connectivity index (χ0) is 11.4. The summed E-state index contributed by atoms with van der Waals surface area (Å²) in [6, 6.07) is 5.51. The fourth-order valence-corrected chi connectivity index (χ4v) is 1.52. The van der Waals surface area contributed by atoms with E-state index in [0.717, 1.165) is 17.7 Å². The molecule has 0 fully saturated rings. The molecular weight excluding hydrogens is 190 g/mol. The van der Waals surface area contributed by atoms with E-state index >= 15 is 0 Å². The molecule has 0 aromatic heterocycles. The Balaban J connectivity index is 3.11. The average Bonchev–Trinajstić information content (AvgIpc) is 2.27. The van der Waals surface area contributed by atoms with Crippen molar-refractivity contribution in [2.45, 2.75) is 32.4 Å². The first-order valence-electron chi connectivity index (χ1n) is 5.20. The number of hydrogen-bond acceptors (Lipinski definition) is 3. The van der Waals surface area contributed by atoms with E-state index in [9.17, 15) is 5.11 Å². The largest absolute Gasteiger partial charge is 0.496 e. The van der Waals surface area contributed by atoms with Gasteiger partial charge in [0.2, 0.25) is 0 Å². The smallest absolute Gasteiger partial charge is 0.123 e. The normalized spacial score (nSPS) is 14.7. The van der Waals surface area contributed by atoms with Crippen LogP contribution in [0.3, 0.4) is 0 Å². The maximum Gasteiger partial charge on any atom is 0.123 e. The molecule has 84 valence electrons. The molecule has 0 amide bonds. The van der Waals surface area contributed by atoms with E-state index in [4.69, 9.17) is 10.5 Å². The third-order valence-electron chi connectivity index (χ3n) is 2.58. The van der Waals surface area contributed by atoms with Crippen molar-refractivity contribution in [1.82, 2.24) is 0 Å². The fourth-order valence-electron chi connectivity index (χ4n) is 1.52. The van der Waals surface area contributed by atoms with Crippen LogP contribution < -0.4 is 10.5 Å². The predicted molar refractivity (Wildman–Crippen MR) is 61.0 cm³/mol. The summed E-state index contributed by atoms with van der Waals surface area (Å²) in [5.74, 6) is 0.737. The standard InChI is InChI=1S/C12H19NO2/c1-4-9-5-6-11(15-3)10(7-9)12(13)8(2)14/h5-8,12,14H,4,13H2,1-3H3. The molecule has 0 saturated carbocycles. The van der Waals surface area contributed by atoms with Crippen molar-refractivity contribution in [3.63, 3.8) is 0 Å². The van der Waals surface area contributed by atoms with Gasteiger partial charge < -0.3 is 15.6 Å². The second-order valence-corrected chi connectivity index (χ2v) is 3.70. The summed E-state index contributed by atoms with van der Waals surface area (Å²) < 4.78 is 5.23. The molecule has 0 bridgehead atoms. The highest BCUT2D eigenvalue weighted by Crippen LogP contribution is 2.27. The summed E-state index contributed by atoms with van der Waals surface area (Å²) in [5, 5.41) is 9.48. The summed E-state index contributed by atoms with van der Waals surface area (Å²) in [6.07, 6.45) is 0.370. The SMILES string of the molecule is CCc1ccc(OC)c(C(N)C(C)O)c1. The highest BCUT2D eigenvalue weighted by atomic mass is 16.5. The van der Waals surface area contributed by atoms with Crippen molar-refractivity contribution in [1.29, 1.82) is 0 Å². The van der Waals surface area contributed by atoms with E-state index in [1.807, 2.05) is 18.2 Å². The Labute approximate surface area is 90.9 Å². The monoisotopic (exact) mass is 209 g/mol. The highest BCUT2D eigenvalue weighted by molar-refractivity contribution is 5.39. The van der Waals surface area contributed by atoms with Gasteiger partial charge in [-0.2, -0.15) is 0 Å². The molecule has 0 aliphatic carbocycles. The van der Waals surface area contributed by atoms with E-state index in [1.165, 1.54) is 5.56 Å². The van der Waals surface area contributed by atoms with Crippen molar-refractivity contribution >= 4 is 0 Å². The molecule has 0 spiro atoms. The third-order valence-corrected chi connectivity index (χ3v) is 2.58. The summed E-state index contributed by atoms with van der Waals surface area (Å²) in [7, 11) is 1.61. The van der Waals surface area contributed by atoms with Crippen molar-refractivity contribution in [2.75, 3.05) is 7.11 Å². The number of aliphatic hydroxyl groups is 1. The minimum absolute atomic E-state index is 0.397. The first-order valence-corrected chi connectivity index (χ1v) is 5.20. The van der Waals surface area contributed by atoms with Gasteiger partial charge in [0.05, 0.1) is 19.3 Å². The minimum Gasteiger partial charge on any atom is -0.496 e. The first-order chi connectivity index (χ1) is 7.10. The molecule has 0 aliphatic rings. The summed E-state index contributed by atoms with van der Waals surface area (Å²) in [4.78, 5) is 0. The van der Waals surface area contributed by atoms with Gasteiger partial charge in [-0.3, -0.25) is 0 Å². The number of hydrogen-bond donors (Lipinski definition) is 2. The Bertz CT molecular complexity index is 323. The molecule has 3 heteroatoms.